The molecule has 2 aromatic carbocycles. The molecule has 1 N–H and O–H groups in total. The molecule has 1 aliphatic heterocycles. The van der Waals surface area contributed by atoms with Gasteiger partial charge in [0, 0.05) is 37.4 Å². The highest BCUT2D eigenvalue weighted by Gasteiger charge is 2.28. The van der Waals surface area contributed by atoms with Gasteiger partial charge in [-0.1, -0.05) is 30.3 Å². The third-order valence-electron chi connectivity index (χ3n) is 6.18. The Morgan fingerprint density at radius 3 is 2.75 bits per heavy atom. The molecule has 1 fully saturated rings. The Labute approximate surface area is 187 Å². The Morgan fingerprint density at radius 2 is 1.94 bits per heavy atom. The number of hydrogen-bond acceptors (Lipinski definition) is 4. The zero-order chi connectivity index (χ0) is 21.9. The normalized spacial score (nSPS) is 18.5. The number of amides is 1. The van der Waals surface area contributed by atoms with E-state index in [2.05, 4.69) is 39.6 Å². The fraction of sp³-hybridized carbons (Fsp3) is 0.360. The second-order valence-corrected chi connectivity index (χ2v) is 8.44. The van der Waals surface area contributed by atoms with Gasteiger partial charge in [-0.25, -0.2) is 9.07 Å². The van der Waals surface area contributed by atoms with Crippen molar-refractivity contribution in [2.45, 2.75) is 31.9 Å². The molecule has 5 rings (SSSR count). The molecule has 2 heterocycles. The van der Waals surface area contributed by atoms with E-state index in [4.69, 9.17) is 4.74 Å². The van der Waals surface area contributed by atoms with Crippen molar-refractivity contribution < 1.29 is 13.9 Å². The van der Waals surface area contributed by atoms with Gasteiger partial charge >= 0.3 is 0 Å². The maximum atomic E-state index is 13.3. The first-order valence-corrected chi connectivity index (χ1v) is 11.2. The predicted octanol–water partition coefficient (Wildman–Crippen LogP) is 3.13. The second kappa shape index (κ2) is 9.22. The first kappa shape index (κ1) is 20.8. The number of fused-ring (bicyclic) bond motifs is 1. The first-order valence-electron chi connectivity index (χ1n) is 11.2. The van der Waals surface area contributed by atoms with Crippen molar-refractivity contribution in [3.63, 3.8) is 0 Å². The summed E-state index contributed by atoms with van der Waals surface area (Å²) in [5.74, 6) is -0.461. The summed E-state index contributed by atoms with van der Waals surface area (Å²) >= 11 is 0. The quantitative estimate of drug-likeness (QED) is 0.648. The molecular weight excluding hydrogens is 407 g/mol. The monoisotopic (exact) mass is 434 g/mol. The molecule has 1 unspecified atom stereocenters. The molecule has 7 heteroatoms. The summed E-state index contributed by atoms with van der Waals surface area (Å²) in [7, 11) is 0. The zero-order valence-corrected chi connectivity index (χ0v) is 18.0. The summed E-state index contributed by atoms with van der Waals surface area (Å²) in [6, 6.07) is 16.6. The van der Waals surface area contributed by atoms with Crippen LogP contribution in [0.4, 0.5) is 4.39 Å². The average molecular weight is 435 g/mol. The first-order chi connectivity index (χ1) is 15.7. The van der Waals surface area contributed by atoms with Gasteiger partial charge in [-0.05, 0) is 49.1 Å². The van der Waals surface area contributed by atoms with Gasteiger partial charge < -0.3 is 10.1 Å². The summed E-state index contributed by atoms with van der Waals surface area (Å²) in [5, 5.41) is 7.63. The molecule has 0 radical (unpaired) electrons. The molecule has 6 nitrogen and oxygen atoms in total. The van der Waals surface area contributed by atoms with Crippen LogP contribution in [0.5, 0.6) is 0 Å². The molecular formula is C25H27FN4O2. The van der Waals surface area contributed by atoms with Crippen LogP contribution >= 0.6 is 0 Å². The van der Waals surface area contributed by atoms with Gasteiger partial charge in [0.2, 0.25) is 0 Å². The van der Waals surface area contributed by atoms with Gasteiger partial charge in [0.05, 0.1) is 18.4 Å². The molecule has 1 aromatic heterocycles. The molecule has 1 amide bonds. The lowest BCUT2D eigenvalue weighted by Crippen LogP contribution is -2.47. The van der Waals surface area contributed by atoms with Crippen molar-refractivity contribution >= 4 is 5.91 Å². The number of nitrogens with zero attached hydrogens (tertiary/aromatic N) is 3. The second-order valence-electron chi connectivity index (χ2n) is 8.44. The third kappa shape index (κ3) is 4.45. The van der Waals surface area contributed by atoms with E-state index in [9.17, 15) is 9.18 Å². The Bertz CT molecular complexity index is 1080. The lowest BCUT2D eigenvalue weighted by Gasteiger charge is -2.33. The predicted molar refractivity (Wildman–Crippen MR) is 119 cm³/mol. The van der Waals surface area contributed by atoms with Gasteiger partial charge in [-0.3, -0.25) is 9.69 Å². The number of carbonyl (C=O) groups excluding carboxylic acids is 1. The van der Waals surface area contributed by atoms with Gasteiger partial charge in [0.25, 0.3) is 5.91 Å². The minimum atomic E-state index is -0.288. The third-order valence-corrected chi connectivity index (χ3v) is 6.18. The molecule has 2 aliphatic rings. The number of rotatable bonds is 6. The number of carbonyl (C=O) groups is 1. The van der Waals surface area contributed by atoms with Crippen LogP contribution < -0.4 is 5.32 Å². The van der Waals surface area contributed by atoms with E-state index in [-0.39, 0.29) is 17.8 Å². The topological polar surface area (TPSA) is 59.4 Å². The molecule has 1 atom stereocenters. The van der Waals surface area contributed by atoms with Crippen molar-refractivity contribution in [1.82, 2.24) is 20.0 Å². The van der Waals surface area contributed by atoms with Gasteiger partial charge in [-0.15, -0.1) is 0 Å². The standard InChI is InChI=1S/C25H27FN4O2/c26-19-9-11-20(12-10-19)30-23-8-4-7-22(23)24(28-30)25(31)27-15-21-17-29(13-14-32-21)16-18-5-2-1-3-6-18/h1-3,5-6,9-12,21H,4,7-8,13-17H2,(H,27,31). The number of hydrogen-bond donors (Lipinski definition) is 1. The van der Waals surface area contributed by atoms with Crippen LogP contribution in [0.1, 0.15) is 33.7 Å². The number of ether oxygens (including phenoxy) is 1. The highest BCUT2D eigenvalue weighted by molar-refractivity contribution is 5.94. The highest BCUT2D eigenvalue weighted by atomic mass is 19.1. The molecule has 1 saturated heterocycles. The zero-order valence-electron chi connectivity index (χ0n) is 18.0. The fourth-order valence-corrected chi connectivity index (χ4v) is 4.60. The van der Waals surface area contributed by atoms with Crippen LogP contribution in [0.3, 0.4) is 0 Å². The minimum absolute atomic E-state index is 0.0522. The summed E-state index contributed by atoms with van der Waals surface area (Å²) < 4.78 is 21.0. The molecule has 166 valence electrons. The number of halogens is 1. The highest BCUT2D eigenvalue weighted by Crippen LogP contribution is 2.28. The lowest BCUT2D eigenvalue weighted by atomic mass is 10.1. The Hall–Kier alpha value is -3.03. The Balaban J connectivity index is 1.24. The minimum Gasteiger partial charge on any atom is -0.374 e. The number of benzene rings is 2. The molecule has 0 saturated carbocycles. The summed E-state index contributed by atoms with van der Waals surface area (Å²) in [6.07, 6.45) is 2.65. The van der Waals surface area contributed by atoms with Crippen molar-refractivity contribution in [1.29, 1.82) is 0 Å². The van der Waals surface area contributed by atoms with Gasteiger partial charge in [-0.2, -0.15) is 5.10 Å². The maximum Gasteiger partial charge on any atom is 0.272 e. The number of aromatic nitrogens is 2. The van der Waals surface area contributed by atoms with Crippen LogP contribution in [0, 0.1) is 5.82 Å². The largest absolute Gasteiger partial charge is 0.374 e. The summed E-state index contributed by atoms with van der Waals surface area (Å²) in [5.41, 5.74) is 4.57. The van der Waals surface area contributed by atoms with Crippen molar-refractivity contribution in [3.05, 3.63) is 82.9 Å². The van der Waals surface area contributed by atoms with Crippen LogP contribution in [-0.4, -0.2) is 52.9 Å². The maximum absolute atomic E-state index is 13.3. The van der Waals surface area contributed by atoms with Crippen LogP contribution in [0.2, 0.25) is 0 Å². The van der Waals surface area contributed by atoms with E-state index < -0.39 is 0 Å². The van der Waals surface area contributed by atoms with E-state index in [0.717, 1.165) is 55.8 Å². The van der Waals surface area contributed by atoms with Crippen molar-refractivity contribution in [2.75, 3.05) is 26.2 Å². The van der Waals surface area contributed by atoms with Crippen LogP contribution in [-0.2, 0) is 24.1 Å². The van der Waals surface area contributed by atoms with E-state index >= 15 is 0 Å². The summed E-state index contributed by atoms with van der Waals surface area (Å²) in [6.45, 7) is 3.64. The van der Waals surface area contributed by atoms with Crippen LogP contribution in [0.15, 0.2) is 54.6 Å². The van der Waals surface area contributed by atoms with E-state index in [1.165, 1.54) is 17.7 Å². The van der Waals surface area contributed by atoms with Crippen LogP contribution in [0.25, 0.3) is 5.69 Å². The molecule has 0 spiro atoms. The molecule has 1 aliphatic carbocycles. The Kier molecular flexibility index (Phi) is 6.01. The van der Waals surface area contributed by atoms with E-state index in [1.807, 2.05) is 6.07 Å². The molecule has 32 heavy (non-hydrogen) atoms. The van der Waals surface area contributed by atoms with Gasteiger partial charge in [0.15, 0.2) is 5.69 Å². The SMILES string of the molecule is O=C(NCC1CN(Cc2ccccc2)CCO1)c1nn(-c2ccc(F)cc2)c2c1CCC2. The van der Waals surface area contributed by atoms with E-state index in [0.29, 0.717) is 18.8 Å². The van der Waals surface area contributed by atoms with Crippen molar-refractivity contribution in [2.24, 2.45) is 0 Å². The molecule has 3 aromatic rings. The van der Waals surface area contributed by atoms with Gasteiger partial charge in [0.1, 0.15) is 5.82 Å². The Morgan fingerprint density at radius 1 is 1.12 bits per heavy atom. The number of nitrogens with one attached hydrogen (secondary N) is 1. The average Bonchev–Trinajstić information content (AvgIpc) is 3.42. The van der Waals surface area contributed by atoms with E-state index in [1.54, 1.807) is 16.8 Å². The molecule has 0 bridgehead atoms. The smallest absolute Gasteiger partial charge is 0.272 e. The summed E-state index contributed by atoms with van der Waals surface area (Å²) in [4.78, 5) is 15.4. The van der Waals surface area contributed by atoms with Crippen molar-refractivity contribution in [3.8, 4) is 5.69 Å². The number of morpholine rings is 1. The lowest BCUT2D eigenvalue weighted by molar-refractivity contribution is -0.0292. The fourth-order valence-electron chi connectivity index (χ4n) is 4.60.